The molecular formula is C21H24ClN5O2. The van der Waals surface area contributed by atoms with Crippen LogP contribution >= 0.6 is 11.6 Å². The van der Waals surface area contributed by atoms with E-state index >= 15 is 0 Å². The SMILES string of the molecule is COc1ccc(Cn2nc(Cl)c(N)c2-c2cc(N3CCOCC3)ccc2N)cc1. The van der Waals surface area contributed by atoms with E-state index in [1.807, 2.05) is 36.4 Å². The maximum Gasteiger partial charge on any atom is 0.174 e. The summed E-state index contributed by atoms with van der Waals surface area (Å²) in [6.07, 6.45) is 0. The molecule has 0 amide bonds. The molecule has 1 aliphatic rings. The normalized spacial score (nSPS) is 14.2. The van der Waals surface area contributed by atoms with Gasteiger partial charge in [0.2, 0.25) is 0 Å². The fourth-order valence-corrected chi connectivity index (χ4v) is 3.70. The van der Waals surface area contributed by atoms with Crippen molar-refractivity contribution in [2.24, 2.45) is 0 Å². The van der Waals surface area contributed by atoms with E-state index < -0.39 is 0 Å². The lowest BCUT2D eigenvalue weighted by molar-refractivity contribution is 0.122. The Hall–Kier alpha value is -2.90. The summed E-state index contributed by atoms with van der Waals surface area (Å²) in [6, 6.07) is 13.8. The Bertz CT molecular complexity index is 997. The molecule has 0 radical (unpaired) electrons. The highest BCUT2D eigenvalue weighted by atomic mass is 35.5. The van der Waals surface area contributed by atoms with Gasteiger partial charge < -0.3 is 25.8 Å². The smallest absolute Gasteiger partial charge is 0.174 e. The van der Waals surface area contributed by atoms with Crippen LogP contribution < -0.4 is 21.1 Å². The number of ether oxygens (including phenoxy) is 2. The van der Waals surface area contributed by atoms with Gasteiger partial charge in [0.25, 0.3) is 0 Å². The summed E-state index contributed by atoms with van der Waals surface area (Å²) in [7, 11) is 1.64. The third-order valence-corrected chi connectivity index (χ3v) is 5.38. The van der Waals surface area contributed by atoms with E-state index in [0.29, 0.717) is 31.1 Å². The predicted octanol–water partition coefficient (Wildman–Crippen LogP) is 3.26. The van der Waals surface area contributed by atoms with Gasteiger partial charge in [0.1, 0.15) is 5.75 Å². The lowest BCUT2D eigenvalue weighted by atomic mass is 10.1. The van der Waals surface area contributed by atoms with Crippen molar-refractivity contribution in [3.63, 3.8) is 0 Å². The molecule has 4 N–H and O–H groups in total. The topological polar surface area (TPSA) is 91.6 Å². The van der Waals surface area contributed by atoms with Gasteiger partial charge in [-0.2, -0.15) is 5.10 Å². The van der Waals surface area contributed by atoms with Crippen molar-refractivity contribution < 1.29 is 9.47 Å². The summed E-state index contributed by atoms with van der Waals surface area (Å²) >= 11 is 6.29. The van der Waals surface area contributed by atoms with Crippen LogP contribution in [0.4, 0.5) is 17.1 Å². The molecule has 1 aliphatic heterocycles. The monoisotopic (exact) mass is 413 g/mol. The third kappa shape index (κ3) is 3.97. The van der Waals surface area contributed by atoms with Gasteiger partial charge in [-0.25, -0.2) is 0 Å². The Morgan fingerprint density at radius 1 is 1.10 bits per heavy atom. The van der Waals surface area contributed by atoms with Crippen molar-refractivity contribution in [2.45, 2.75) is 6.54 Å². The second-order valence-corrected chi connectivity index (χ2v) is 7.29. The van der Waals surface area contributed by atoms with E-state index in [-0.39, 0.29) is 5.15 Å². The number of rotatable bonds is 5. The van der Waals surface area contributed by atoms with Crippen LogP contribution in [0.1, 0.15) is 5.56 Å². The minimum absolute atomic E-state index is 0.268. The number of methoxy groups -OCH3 is 1. The number of benzene rings is 2. The van der Waals surface area contributed by atoms with Crippen LogP contribution in [0.5, 0.6) is 5.75 Å². The number of nitrogen functional groups attached to an aromatic ring is 2. The van der Waals surface area contributed by atoms with Gasteiger partial charge in [0, 0.05) is 30.0 Å². The van der Waals surface area contributed by atoms with Gasteiger partial charge >= 0.3 is 0 Å². The average Bonchev–Trinajstić information content (AvgIpc) is 3.03. The summed E-state index contributed by atoms with van der Waals surface area (Å²) < 4.78 is 12.5. The number of nitrogens with zero attached hydrogens (tertiary/aromatic N) is 3. The summed E-state index contributed by atoms with van der Waals surface area (Å²) in [5.41, 5.74) is 17.3. The number of nitrogens with two attached hydrogens (primary N) is 2. The van der Waals surface area contributed by atoms with E-state index in [1.54, 1.807) is 11.8 Å². The number of anilines is 3. The molecule has 7 nitrogen and oxygen atoms in total. The maximum absolute atomic E-state index is 6.33. The Labute approximate surface area is 174 Å². The van der Waals surface area contributed by atoms with Crippen molar-refractivity contribution in [1.29, 1.82) is 0 Å². The molecule has 0 spiro atoms. The van der Waals surface area contributed by atoms with Crippen molar-refractivity contribution in [2.75, 3.05) is 49.8 Å². The van der Waals surface area contributed by atoms with Gasteiger partial charge in [0.05, 0.1) is 38.2 Å². The molecule has 1 fully saturated rings. The quantitative estimate of drug-likeness (QED) is 0.624. The van der Waals surface area contributed by atoms with E-state index in [4.69, 9.17) is 32.5 Å². The van der Waals surface area contributed by atoms with Crippen LogP contribution in [0.3, 0.4) is 0 Å². The first-order valence-corrected chi connectivity index (χ1v) is 9.82. The average molecular weight is 414 g/mol. The van der Waals surface area contributed by atoms with Crippen molar-refractivity contribution in [3.05, 3.63) is 53.2 Å². The standard InChI is InChI=1S/C21H24ClN5O2/c1-28-16-5-2-14(3-6-16)13-27-20(19(24)21(22)25-27)17-12-15(4-7-18(17)23)26-8-10-29-11-9-26/h2-7,12H,8-11,13,23-24H2,1H3. The highest BCUT2D eigenvalue weighted by Crippen LogP contribution is 2.37. The van der Waals surface area contributed by atoms with E-state index in [9.17, 15) is 0 Å². The van der Waals surface area contributed by atoms with Crippen LogP contribution in [0.15, 0.2) is 42.5 Å². The van der Waals surface area contributed by atoms with Crippen LogP contribution in [0.2, 0.25) is 5.15 Å². The third-order valence-electron chi connectivity index (χ3n) is 5.10. The van der Waals surface area contributed by atoms with Crippen molar-refractivity contribution >= 4 is 28.7 Å². The molecule has 2 aromatic carbocycles. The second kappa shape index (κ2) is 8.23. The van der Waals surface area contributed by atoms with Crippen LogP contribution in [-0.4, -0.2) is 43.2 Å². The van der Waals surface area contributed by atoms with Gasteiger partial charge in [-0.1, -0.05) is 23.7 Å². The first-order chi connectivity index (χ1) is 14.1. The zero-order valence-electron chi connectivity index (χ0n) is 16.3. The lowest BCUT2D eigenvalue weighted by Crippen LogP contribution is -2.36. The molecule has 0 unspecified atom stereocenters. The van der Waals surface area contributed by atoms with Crippen LogP contribution in [-0.2, 0) is 11.3 Å². The van der Waals surface area contributed by atoms with Gasteiger partial charge in [0.15, 0.2) is 5.15 Å². The molecule has 0 aliphatic carbocycles. The molecule has 2 heterocycles. The fourth-order valence-electron chi connectivity index (χ4n) is 3.52. The molecule has 3 aromatic rings. The van der Waals surface area contributed by atoms with Crippen molar-refractivity contribution in [3.8, 4) is 17.0 Å². The number of morpholine rings is 1. The van der Waals surface area contributed by atoms with Crippen LogP contribution in [0.25, 0.3) is 11.3 Å². The molecule has 1 aromatic heterocycles. The fraction of sp³-hybridized carbons (Fsp3) is 0.286. The van der Waals surface area contributed by atoms with Crippen molar-refractivity contribution in [1.82, 2.24) is 9.78 Å². The summed E-state index contributed by atoms with van der Waals surface area (Å²) in [5, 5.41) is 4.71. The first kappa shape index (κ1) is 19.4. The molecular weight excluding hydrogens is 390 g/mol. The molecule has 4 rings (SSSR count). The second-order valence-electron chi connectivity index (χ2n) is 6.93. The molecule has 0 atom stereocenters. The molecule has 0 saturated carbocycles. The minimum atomic E-state index is 0.268. The molecule has 0 bridgehead atoms. The number of hydrogen-bond donors (Lipinski definition) is 2. The Balaban J connectivity index is 1.72. The minimum Gasteiger partial charge on any atom is -0.497 e. The highest BCUT2D eigenvalue weighted by molar-refractivity contribution is 6.32. The lowest BCUT2D eigenvalue weighted by Gasteiger charge is -2.29. The van der Waals surface area contributed by atoms with E-state index in [0.717, 1.165) is 41.3 Å². The summed E-state index contributed by atoms with van der Waals surface area (Å²) in [5.74, 6) is 0.800. The van der Waals surface area contributed by atoms with Crippen LogP contribution in [0, 0.1) is 0 Å². The van der Waals surface area contributed by atoms with Gasteiger partial charge in [-0.3, -0.25) is 4.68 Å². The first-order valence-electron chi connectivity index (χ1n) is 9.44. The number of halogens is 1. The molecule has 8 heteroatoms. The highest BCUT2D eigenvalue weighted by Gasteiger charge is 2.20. The number of hydrogen-bond acceptors (Lipinski definition) is 6. The largest absolute Gasteiger partial charge is 0.497 e. The summed E-state index contributed by atoms with van der Waals surface area (Å²) in [4.78, 5) is 2.27. The molecule has 29 heavy (non-hydrogen) atoms. The predicted molar refractivity (Wildman–Crippen MR) is 117 cm³/mol. The van der Waals surface area contributed by atoms with E-state index in [2.05, 4.69) is 16.1 Å². The molecule has 152 valence electrons. The van der Waals surface area contributed by atoms with Gasteiger partial charge in [-0.15, -0.1) is 0 Å². The Morgan fingerprint density at radius 3 is 2.52 bits per heavy atom. The summed E-state index contributed by atoms with van der Waals surface area (Å²) in [6.45, 7) is 3.61. The zero-order valence-corrected chi connectivity index (χ0v) is 17.0. The zero-order chi connectivity index (χ0) is 20.4. The maximum atomic E-state index is 6.33. The van der Waals surface area contributed by atoms with Gasteiger partial charge in [-0.05, 0) is 35.9 Å². The Morgan fingerprint density at radius 2 is 1.83 bits per heavy atom. The Kier molecular flexibility index (Phi) is 5.51. The molecule has 1 saturated heterocycles. The number of aromatic nitrogens is 2. The van der Waals surface area contributed by atoms with E-state index in [1.165, 1.54) is 0 Å².